The fourth-order valence-corrected chi connectivity index (χ4v) is 9.43. The van der Waals surface area contributed by atoms with E-state index in [0.29, 0.717) is 24.7 Å². The second-order valence-electron chi connectivity index (χ2n) is 9.30. The van der Waals surface area contributed by atoms with Crippen LogP contribution in [0, 0.1) is 11.8 Å². The molecule has 0 N–H and O–H groups in total. The van der Waals surface area contributed by atoms with Crippen LogP contribution in [0.1, 0.15) is 46.5 Å². The van der Waals surface area contributed by atoms with Crippen LogP contribution in [0.5, 0.6) is 0 Å². The molecular formula is C26H34O2Si. The van der Waals surface area contributed by atoms with Gasteiger partial charge in [0.1, 0.15) is 5.78 Å². The number of hydrogen-bond acceptors (Lipinski definition) is 2. The molecule has 0 amide bonds. The lowest BCUT2D eigenvalue weighted by molar-refractivity contribution is -0.125. The number of allylic oxidation sites excluding steroid dienone is 1. The Balaban J connectivity index is 1.94. The fourth-order valence-electron chi connectivity index (χ4n) is 4.79. The maximum absolute atomic E-state index is 12.3. The standard InChI is InChI=1S/C26H34O2Si/c1-5-12-22-19-21(17-18-25(22)27)20-28-29(26(2,3)4,23-13-8-6-9-14-23)24-15-10-7-11-16-24/h5-11,13-16,21-22H,1,12,17-20H2,2-4H3/t21-,22+/m0/s1. The molecule has 154 valence electrons. The van der Waals surface area contributed by atoms with Gasteiger partial charge in [0, 0.05) is 18.9 Å². The normalized spacial score (nSPS) is 20.4. The first kappa shape index (κ1) is 21.7. The van der Waals surface area contributed by atoms with Crippen molar-refractivity contribution < 1.29 is 9.22 Å². The van der Waals surface area contributed by atoms with Gasteiger partial charge in [-0.05, 0) is 40.6 Å². The summed E-state index contributed by atoms with van der Waals surface area (Å²) in [6, 6.07) is 21.5. The average molecular weight is 407 g/mol. The van der Waals surface area contributed by atoms with Crippen LogP contribution in [-0.4, -0.2) is 20.7 Å². The summed E-state index contributed by atoms with van der Waals surface area (Å²) in [5.74, 6) is 0.944. The summed E-state index contributed by atoms with van der Waals surface area (Å²) >= 11 is 0. The molecule has 3 rings (SSSR count). The lowest BCUT2D eigenvalue weighted by Crippen LogP contribution is -2.67. The molecule has 0 saturated heterocycles. The van der Waals surface area contributed by atoms with E-state index in [9.17, 15) is 4.79 Å². The molecule has 29 heavy (non-hydrogen) atoms. The van der Waals surface area contributed by atoms with Gasteiger partial charge >= 0.3 is 0 Å². The molecule has 1 saturated carbocycles. The van der Waals surface area contributed by atoms with Gasteiger partial charge in [-0.3, -0.25) is 4.79 Å². The monoisotopic (exact) mass is 406 g/mol. The lowest BCUT2D eigenvalue weighted by Gasteiger charge is -2.44. The minimum atomic E-state index is -2.50. The van der Waals surface area contributed by atoms with Crippen molar-refractivity contribution >= 4 is 24.5 Å². The van der Waals surface area contributed by atoms with Crippen molar-refractivity contribution in [1.29, 1.82) is 0 Å². The molecule has 2 aromatic rings. The minimum Gasteiger partial charge on any atom is -0.407 e. The molecular weight excluding hydrogens is 372 g/mol. The SMILES string of the molecule is C=CC[C@@H]1C[C@@H](CO[Si](c2ccccc2)(c2ccccc2)C(C)(C)C)CCC1=O. The number of benzene rings is 2. The van der Waals surface area contributed by atoms with Gasteiger partial charge in [-0.15, -0.1) is 6.58 Å². The summed E-state index contributed by atoms with van der Waals surface area (Å²) in [6.45, 7) is 11.5. The van der Waals surface area contributed by atoms with Crippen LogP contribution in [0.15, 0.2) is 73.3 Å². The fraction of sp³-hybridized carbons (Fsp3) is 0.423. The van der Waals surface area contributed by atoms with Gasteiger partial charge in [0.2, 0.25) is 0 Å². The van der Waals surface area contributed by atoms with Gasteiger partial charge in [-0.2, -0.15) is 0 Å². The molecule has 1 aliphatic carbocycles. The Kier molecular flexibility index (Phi) is 6.92. The number of ketones is 1. The van der Waals surface area contributed by atoms with Crippen LogP contribution < -0.4 is 10.4 Å². The van der Waals surface area contributed by atoms with Crippen molar-refractivity contribution in [1.82, 2.24) is 0 Å². The van der Waals surface area contributed by atoms with Crippen molar-refractivity contribution in [3.05, 3.63) is 73.3 Å². The van der Waals surface area contributed by atoms with Crippen LogP contribution in [0.3, 0.4) is 0 Å². The van der Waals surface area contributed by atoms with Gasteiger partial charge in [0.25, 0.3) is 8.32 Å². The summed E-state index contributed by atoms with van der Waals surface area (Å²) in [5, 5.41) is 2.61. The summed E-state index contributed by atoms with van der Waals surface area (Å²) in [6.07, 6.45) is 5.20. The van der Waals surface area contributed by atoms with Crippen LogP contribution >= 0.6 is 0 Å². The highest BCUT2D eigenvalue weighted by atomic mass is 28.4. The van der Waals surface area contributed by atoms with Gasteiger partial charge < -0.3 is 4.43 Å². The molecule has 0 radical (unpaired) electrons. The van der Waals surface area contributed by atoms with Crippen molar-refractivity contribution in [2.45, 2.75) is 51.5 Å². The van der Waals surface area contributed by atoms with E-state index in [0.717, 1.165) is 19.3 Å². The van der Waals surface area contributed by atoms with Crippen molar-refractivity contribution in [3.8, 4) is 0 Å². The zero-order valence-corrected chi connectivity index (χ0v) is 19.1. The number of rotatable bonds is 7. The minimum absolute atomic E-state index is 0.0132. The first-order valence-corrected chi connectivity index (χ1v) is 12.7. The quantitative estimate of drug-likeness (QED) is 0.471. The van der Waals surface area contributed by atoms with E-state index in [2.05, 4.69) is 88.0 Å². The van der Waals surface area contributed by atoms with E-state index in [1.165, 1.54) is 10.4 Å². The highest BCUT2D eigenvalue weighted by Crippen LogP contribution is 2.38. The van der Waals surface area contributed by atoms with E-state index in [1.54, 1.807) is 0 Å². The van der Waals surface area contributed by atoms with Crippen molar-refractivity contribution in [2.75, 3.05) is 6.61 Å². The van der Waals surface area contributed by atoms with Crippen LogP contribution in [0.25, 0.3) is 0 Å². The summed E-state index contributed by atoms with van der Waals surface area (Å²) < 4.78 is 7.07. The Bertz CT molecular complexity index is 768. The molecule has 0 heterocycles. The molecule has 0 aromatic heterocycles. The highest BCUT2D eigenvalue weighted by Gasteiger charge is 2.50. The van der Waals surface area contributed by atoms with Gasteiger partial charge in [0.05, 0.1) is 0 Å². The van der Waals surface area contributed by atoms with Crippen LogP contribution in [-0.2, 0) is 9.22 Å². The largest absolute Gasteiger partial charge is 0.407 e. The predicted molar refractivity (Wildman–Crippen MR) is 124 cm³/mol. The Morgan fingerprint density at radius 2 is 1.59 bits per heavy atom. The van der Waals surface area contributed by atoms with Gasteiger partial charge in [-0.25, -0.2) is 0 Å². The molecule has 0 aliphatic heterocycles. The third-order valence-electron chi connectivity index (χ3n) is 6.28. The molecule has 0 bridgehead atoms. The van der Waals surface area contributed by atoms with Gasteiger partial charge in [0.15, 0.2) is 0 Å². The highest BCUT2D eigenvalue weighted by molar-refractivity contribution is 6.99. The number of hydrogen-bond donors (Lipinski definition) is 0. The van der Waals surface area contributed by atoms with Crippen molar-refractivity contribution in [3.63, 3.8) is 0 Å². The summed E-state index contributed by atoms with van der Waals surface area (Å²) in [5.41, 5.74) is 0. The van der Waals surface area contributed by atoms with Gasteiger partial charge in [-0.1, -0.05) is 87.5 Å². The average Bonchev–Trinajstić information content (AvgIpc) is 2.71. The smallest absolute Gasteiger partial charge is 0.261 e. The zero-order valence-electron chi connectivity index (χ0n) is 18.1. The first-order chi connectivity index (χ1) is 13.9. The van der Waals surface area contributed by atoms with Crippen LogP contribution in [0.4, 0.5) is 0 Å². The molecule has 3 heteroatoms. The lowest BCUT2D eigenvalue weighted by atomic mass is 9.79. The predicted octanol–water partition coefficient (Wildman–Crippen LogP) is 5.12. The van der Waals surface area contributed by atoms with E-state index in [-0.39, 0.29) is 11.0 Å². The Labute approximate surface area is 177 Å². The topological polar surface area (TPSA) is 26.3 Å². The molecule has 2 atom stereocenters. The number of carbonyl (C=O) groups is 1. The number of carbonyl (C=O) groups excluding carboxylic acids is 1. The first-order valence-electron chi connectivity index (χ1n) is 10.8. The zero-order chi connectivity index (χ0) is 20.9. The second-order valence-corrected chi connectivity index (χ2v) is 13.6. The van der Waals surface area contributed by atoms with E-state index in [1.807, 2.05) is 6.08 Å². The maximum Gasteiger partial charge on any atom is 0.261 e. The molecule has 2 aromatic carbocycles. The molecule has 0 unspecified atom stereocenters. The Morgan fingerprint density at radius 3 is 2.07 bits per heavy atom. The third-order valence-corrected chi connectivity index (χ3v) is 11.3. The van der Waals surface area contributed by atoms with E-state index >= 15 is 0 Å². The maximum atomic E-state index is 12.3. The van der Waals surface area contributed by atoms with Crippen LogP contribution in [0.2, 0.25) is 5.04 Å². The summed E-state index contributed by atoms with van der Waals surface area (Å²) in [7, 11) is -2.50. The van der Waals surface area contributed by atoms with E-state index in [4.69, 9.17) is 4.43 Å². The molecule has 1 aliphatic rings. The molecule has 2 nitrogen and oxygen atoms in total. The third kappa shape index (κ3) is 4.62. The summed E-state index contributed by atoms with van der Waals surface area (Å²) in [4.78, 5) is 12.3. The second kappa shape index (κ2) is 9.23. The molecule has 1 fully saturated rings. The van der Waals surface area contributed by atoms with E-state index < -0.39 is 8.32 Å². The molecule has 0 spiro atoms. The number of Topliss-reactive ketones (excluding diaryl/α,β-unsaturated/α-hetero) is 1. The Hall–Kier alpha value is -1.97. The van der Waals surface area contributed by atoms with Crippen molar-refractivity contribution in [2.24, 2.45) is 11.8 Å². The Morgan fingerprint density at radius 1 is 1.03 bits per heavy atom.